The van der Waals surface area contributed by atoms with Gasteiger partial charge in [0.2, 0.25) is 5.69 Å². The van der Waals surface area contributed by atoms with Gasteiger partial charge in [-0.1, -0.05) is 30.0 Å². The Hall–Kier alpha value is -3.63. The van der Waals surface area contributed by atoms with Crippen LogP contribution in [0.15, 0.2) is 53.7 Å². The number of aliphatic hydroxyl groups excluding tert-OH is 1. The molecule has 3 heterocycles. The number of nitrogen functional groups attached to an aromatic ring is 1. The molecule has 1 fully saturated rings. The summed E-state index contributed by atoms with van der Waals surface area (Å²) in [7, 11) is 0. The monoisotopic (exact) mass is 445 g/mol. The highest BCUT2D eigenvalue weighted by Gasteiger charge is 2.28. The van der Waals surface area contributed by atoms with Crippen LogP contribution in [0.2, 0.25) is 0 Å². The molecule has 1 aliphatic rings. The Balaban J connectivity index is 1.67. The highest BCUT2D eigenvalue weighted by Crippen LogP contribution is 2.42. The molecule has 32 heavy (non-hydrogen) atoms. The molecule has 0 saturated carbocycles. The number of aromatic nitrogens is 2. The molecule has 1 saturated heterocycles. The molecule has 3 aromatic rings. The van der Waals surface area contributed by atoms with Crippen LogP contribution in [-0.4, -0.2) is 40.5 Å². The van der Waals surface area contributed by atoms with Crippen LogP contribution in [0.4, 0.5) is 11.5 Å². The summed E-state index contributed by atoms with van der Waals surface area (Å²) in [6.07, 6.45) is 0.601. The Morgan fingerprint density at radius 1 is 1.28 bits per heavy atom. The van der Waals surface area contributed by atoms with E-state index >= 15 is 0 Å². The molecule has 0 amide bonds. The Morgan fingerprint density at radius 2 is 2.09 bits per heavy atom. The highest BCUT2D eigenvalue weighted by molar-refractivity contribution is 7.98. The first kappa shape index (κ1) is 21.6. The molecule has 0 spiro atoms. The van der Waals surface area contributed by atoms with Crippen LogP contribution in [0.3, 0.4) is 0 Å². The Kier molecular flexibility index (Phi) is 6.52. The van der Waals surface area contributed by atoms with Crippen molar-refractivity contribution in [2.45, 2.75) is 23.0 Å². The highest BCUT2D eigenvalue weighted by atomic mass is 32.2. The molecule has 160 valence electrons. The smallest absolute Gasteiger partial charge is 0.236 e. The Bertz CT molecular complexity index is 1190. The van der Waals surface area contributed by atoms with Gasteiger partial charge in [-0.05, 0) is 29.8 Å². The number of nitriles is 1. The third kappa shape index (κ3) is 4.51. The molecular formula is C23H19N5O3S. The van der Waals surface area contributed by atoms with Crippen LogP contribution in [0.1, 0.15) is 11.3 Å². The standard InChI is InChI=1S/C23H19N5O3S/c1-26-21-20(14-5-7-16(8-6-14)31-19-12-30-11-18(19)29)17(10-24)23(28-22(21)25)32-13-15-4-2-3-9-27-15/h2-9,18-19,29H,11-13H2,(H2,25,28)/t18-,19-/m0/s1. The second-order valence-corrected chi connectivity index (χ2v) is 7.98. The van der Waals surface area contributed by atoms with E-state index in [1.165, 1.54) is 11.8 Å². The van der Waals surface area contributed by atoms with Gasteiger partial charge < -0.3 is 20.3 Å². The molecule has 1 aromatic carbocycles. The zero-order chi connectivity index (χ0) is 22.5. The molecule has 9 heteroatoms. The predicted octanol–water partition coefficient (Wildman–Crippen LogP) is 3.58. The molecule has 3 N–H and O–H groups in total. The van der Waals surface area contributed by atoms with Crippen molar-refractivity contribution < 1.29 is 14.6 Å². The van der Waals surface area contributed by atoms with E-state index in [-0.39, 0.29) is 18.1 Å². The zero-order valence-electron chi connectivity index (χ0n) is 16.9. The number of nitrogens with zero attached hydrogens (tertiary/aromatic N) is 4. The largest absolute Gasteiger partial charge is 0.485 e. The van der Waals surface area contributed by atoms with Gasteiger partial charge in [-0.2, -0.15) is 5.26 Å². The second kappa shape index (κ2) is 9.67. The van der Waals surface area contributed by atoms with E-state index in [4.69, 9.17) is 21.8 Å². The van der Waals surface area contributed by atoms with Crippen LogP contribution in [0.5, 0.6) is 5.75 Å². The average molecular weight is 446 g/mol. The number of benzene rings is 1. The molecule has 4 rings (SSSR count). The van der Waals surface area contributed by atoms with Crippen molar-refractivity contribution in [3.8, 4) is 22.9 Å². The van der Waals surface area contributed by atoms with Gasteiger partial charge in [0.05, 0.1) is 31.0 Å². The van der Waals surface area contributed by atoms with Crippen molar-refractivity contribution in [2.24, 2.45) is 0 Å². The van der Waals surface area contributed by atoms with Gasteiger partial charge in [-0.15, -0.1) is 0 Å². The first-order valence-corrected chi connectivity index (χ1v) is 10.8. The number of aliphatic hydroxyl groups is 1. The molecule has 2 atom stereocenters. The maximum atomic E-state index is 9.91. The number of nitrogens with two attached hydrogens (primary N) is 1. The number of pyridine rings is 2. The van der Waals surface area contributed by atoms with E-state index in [2.05, 4.69) is 20.9 Å². The second-order valence-electron chi connectivity index (χ2n) is 7.02. The average Bonchev–Trinajstić information content (AvgIpc) is 3.22. The minimum atomic E-state index is -0.674. The lowest BCUT2D eigenvalue weighted by atomic mass is 10.00. The third-order valence-electron chi connectivity index (χ3n) is 4.90. The van der Waals surface area contributed by atoms with E-state index in [0.717, 1.165) is 5.69 Å². The fourth-order valence-electron chi connectivity index (χ4n) is 3.31. The number of ether oxygens (including phenoxy) is 2. The van der Waals surface area contributed by atoms with Gasteiger partial charge in [0.15, 0.2) is 0 Å². The summed E-state index contributed by atoms with van der Waals surface area (Å²) in [6, 6.07) is 14.8. The summed E-state index contributed by atoms with van der Waals surface area (Å²) in [5, 5.41) is 20.2. The van der Waals surface area contributed by atoms with E-state index in [0.29, 0.717) is 39.8 Å². The molecule has 8 nitrogen and oxygen atoms in total. The molecule has 2 aromatic heterocycles. The van der Waals surface area contributed by atoms with E-state index in [9.17, 15) is 10.4 Å². The molecule has 0 aliphatic carbocycles. The number of hydrogen-bond donors (Lipinski definition) is 2. The normalized spacial score (nSPS) is 17.5. The summed E-state index contributed by atoms with van der Waals surface area (Å²) >= 11 is 1.35. The summed E-state index contributed by atoms with van der Waals surface area (Å²) in [5.41, 5.74) is 8.45. The maximum Gasteiger partial charge on any atom is 0.236 e. The maximum absolute atomic E-state index is 9.91. The van der Waals surface area contributed by atoms with Gasteiger partial charge in [-0.25, -0.2) is 9.83 Å². The minimum absolute atomic E-state index is 0.0732. The molecule has 1 aliphatic heterocycles. The van der Waals surface area contributed by atoms with Crippen molar-refractivity contribution in [3.05, 3.63) is 71.3 Å². The van der Waals surface area contributed by atoms with Crippen molar-refractivity contribution >= 4 is 23.3 Å². The summed E-state index contributed by atoms with van der Waals surface area (Å²) in [5.74, 6) is 1.14. The summed E-state index contributed by atoms with van der Waals surface area (Å²) < 4.78 is 11.0. The molecule has 0 radical (unpaired) electrons. The lowest BCUT2D eigenvalue weighted by molar-refractivity contribution is 0.0733. The summed E-state index contributed by atoms with van der Waals surface area (Å²) in [4.78, 5) is 12.2. The molecular weight excluding hydrogens is 426 g/mol. The van der Waals surface area contributed by atoms with Crippen molar-refractivity contribution in [2.75, 3.05) is 18.9 Å². The van der Waals surface area contributed by atoms with Gasteiger partial charge in [-0.3, -0.25) is 4.98 Å². The number of anilines is 1. The predicted molar refractivity (Wildman–Crippen MR) is 120 cm³/mol. The Labute approximate surface area is 189 Å². The third-order valence-corrected chi connectivity index (χ3v) is 5.91. The topological polar surface area (TPSA) is 119 Å². The first-order valence-electron chi connectivity index (χ1n) is 9.77. The van der Waals surface area contributed by atoms with Gasteiger partial charge in [0.1, 0.15) is 34.9 Å². The summed E-state index contributed by atoms with van der Waals surface area (Å²) in [6.45, 7) is 8.15. The van der Waals surface area contributed by atoms with Gasteiger partial charge in [0.25, 0.3) is 0 Å². The van der Waals surface area contributed by atoms with E-state index in [1.807, 2.05) is 18.2 Å². The van der Waals surface area contributed by atoms with Crippen molar-refractivity contribution in [1.82, 2.24) is 9.97 Å². The van der Waals surface area contributed by atoms with Crippen molar-refractivity contribution in [1.29, 1.82) is 5.26 Å². The fraction of sp³-hybridized carbons (Fsp3) is 0.217. The molecule has 0 bridgehead atoms. The first-order chi connectivity index (χ1) is 15.6. The fourth-order valence-corrected chi connectivity index (χ4v) is 4.22. The Morgan fingerprint density at radius 3 is 2.72 bits per heavy atom. The molecule has 0 unspecified atom stereocenters. The van der Waals surface area contributed by atoms with Crippen LogP contribution < -0.4 is 10.5 Å². The lowest BCUT2D eigenvalue weighted by Gasteiger charge is -2.16. The van der Waals surface area contributed by atoms with Crippen LogP contribution in [-0.2, 0) is 10.5 Å². The van der Waals surface area contributed by atoms with Crippen LogP contribution >= 0.6 is 11.8 Å². The van der Waals surface area contributed by atoms with Crippen LogP contribution in [0.25, 0.3) is 16.0 Å². The quantitative estimate of drug-likeness (QED) is 0.437. The van der Waals surface area contributed by atoms with Crippen molar-refractivity contribution in [3.63, 3.8) is 0 Å². The zero-order valence-corrected chi connectivity index (χ0v) is 17.7. The van der Waals surface area contributed by atoms with Gasteiger partial charge >= 0.3 is 0 Å². The number of hydrogen-bond acceptors (Lipinski definition) is 8. The lowest BCUT2D eigenvalue weighted by Crippen LogP contribution is -2.29. The number of thioether (sulfide) groups is 1. The van der Waals surface area contributed by atoms with E-state index < -0.39 is 12.2 Å². The van der Waals surface area contributed by atoms with Gasteiger partial charge in [0, 0.05) is 17.5 Å². The SMILES string of the molecule is [C-]#[N+]c1c(N)nc(SCc2ccccn2)c(C#N)c1-c1ccc(O[C@H]2COC[C@@H]2O)cc1. The van der Waals surface area contributed by atoms with Crippen LogP contribution in [0, 0.1) is 17.9 Å². The number of rotatable bonds is 6. The van der Waals surface area contributed by atoms with E-state index in [1.54, 1.807) is 30.5 Å². The minimum Gasteiger partial charge on any atom is -0.485 e.